The first kappa shape index (κ1) is 19.5. The first-order chi connectivity index (χ1) is 16.1. The summed E-state index contributed by atoms with van der Waals surface area (Å²) in [7, 11) is 0. The lowest BCUT2D eigenvalue weighted by Crippen LogP contribution is -2.32. The minimum atomic E-state index is -0.393. The van der Waals surface area contributed by atoms with Crippen LogP contribution in [0.25, 0.3) is 21.9 Å². The van der Waals surface area contributed by atoms with E-state index in [-0.39, 0.29) is 11.7 Å². The summed E-state index contributed by atoms with van der Waals surface area (Å²) in [4.78, 5) is 33.3. The van der Waals surface area contributed by atoms with E-state index in [9.17, 15) is 14.0 Å². The van der Waals surface area contributed by atoms with Crippen LogP contribution in [-0.2, 0) is 11.3 Å². The van der Waals surface area contributed by atoms with Crippen LogP contribution in [0.1, 0.15) is 11.1 Å². The molecule has 1 aliphatic heterocycles. The van der Waals surface area contributed by atoms with Gasteiger partial charge in [-0.3, -0.25) is 9.59 Å². The van der Waals surface area contributed by atoms with Gasteiger partial charge in [-0.15, -0.1) is 5.10 Å². The van der Waals surface area contributed by atoms with Gasteiger partial charge in [0.1, 0.15) is 10.3 Å². The van der Waals surface area contributed by atoms with Crippen molar-refractivity contribution in [2.75, 3.05) is 4.90 Å². The number of aromatic nitrogens is 3. The van der Waals surface area contributed by atoms with E-state index in [4.69, 9.17) is 0 Å². The van der Waals surface area contributed by atoms with Crippen LogP contribution in [0.4, 0.5) is 10.1 Å². The normalized spacial score (nSPS) is 14.8. The van der Waals surface area contributed by atoms with Crippen LogP contribution in [0.15, 0.2) is 83.7 Å². The highest BCUT2D eigenvalue weighted by Crippen LogP contribution is 2.36. The minimum absolute atomic E-state index is 0.222. The Bertz CT molecular complexity index is 1640. The Labute approximate surface area is 190 Å². The summed E-state index contributed by atoms with van der Waals surface area (Å²) in [5, 5.41) is 4.31. The van der Waals surface area contributed by atoms with E-state index in [1.807, 2.05) is 54.6 Å². The number of halogens is 1. The number of carbonyl (C=O) groups excluding carboxylic acids is 1. The van der Waals surface area contributed by atoms with E-state index < -0.39 is 5.56 Å². The van der Waals surface area contributed by atoms with Crippen molar-refractivity contribution in [3.05, 3.63) is 111 Å². The summed E-state index contributed by atoms with van der Waals surface area (Å²) in [5.41, 5.74) is 3.07. The molecule has 0 saturated heterocycles. The molecule has 3 heterocycles. The van der Waals surface area contributed by atoms with Gasteiger partial charge in [-0.05, 0) is 35.9 Å². The maximum Gasteiger partial charge on any atom is 0.291 e. The van der Waals surface area contributed by atoms with Crippen molar-refractivity contribution in [1.82, 2.24) is 14.6 Å². The number of para-hydroxylation sites is 1. The van der Waals surface area contributed by atoms with Crippen LogP contribution < -0.4 is 15.0 Å². The van der Waals surface area contributed by atoms with Gasteiger partial charge in [0.25, 0.3) is 11.5 Å². The number of hydrogen-bond acceptors (Lipinski definition) is 5. The SMILES string of the molecule is O=C1C(=c2sc3nc(-c4ccc(F)cc4)nn3c2=O)c2ccccc2N1Cc1ccccc1. The number of anilines is 1. The molecule has 0 saturated carbocycles. The van der Waals surface area contributed by atoms with Crippen molar-refractivity contribution in [3.8, 4) is 11.4 Å². The van der Waals surface area contributed by atoms with Gasteiger partial charge in [0.15, 0.2) is 5.82 Å². The molecule has 5 aromatic rings. The third-order valence-corrected chi connectivity index (χ3v) is 6.62. The number of fused-ring (bicyclic) bond motifs is 2. The fourth-order valence-electron chi connectivity index (χ4n) is 4.03. The fraction of sp³-hybridized carbons (Fsp3) is 0.0400. The molecule has 8 heteroatoms. The zero-order valence-electron chi connectivity index (χ0n) is 17.1. The molecule has 0 spiro atoms. The van der Waals surface area contributed by atoms with Gasteiger partial charge >= 0.3 is 0 Å². The lowest BCUT2D eigenvalue weighted by molar-refractivity contribution is -0.113. The predicted octanol–water partition coefficient (Wildman–Crippen LogP) is 3.42. The maximum atomic E-state index is 13.5. The quantitative estimate of drug-likeness (QED) is 0.419. The van der Waals surface area contributed by atoms with Crippen molar-refractivity contribution in [1.29, 1.82) is 0 Å². The third kappa shape index (κ3) is 3.15. The van der Waals surface area contributed by atoms with Gasteiger partial charge in [-0.25, -0.2) is 4.39 Å². The molecule has 0 aliphatic carbocycles. The Morgan fingerprint density at radius 2 is 1.61 bits per heavy atom. The molecule has 0 radical (unpaired) electrons. The third-order valence-electron chi connectivity index (χ3n) is 5.59. The lowest BCUT2D eigenvalue weighted by atomic mass is 10.1. The Kier molecular flexibility index (Phi) is 4.41. The number of amides is 1. The maximum absolute atomic E-state index is 13.5. The highest BCUT2D eigenvalue weighted by Gasteiger charge is 2.34. The van der Waals surface area contributed by atoms with Gasteiger partial charge in [0, 0.05) is 11.1 Å². The Balaban J connectivity index is 1.50. The topological polar surface area (TPSA) is 67.6 Å². The number of carbonyl (C=O) groups is 1. The zero-order valence-corrected chi connectivity index (χ0v) is 17.9. The molecule has 6 nitrogen and oxygen atoms in total. The van der Waals surface area contributed by atoms with E-state index in [0.717, 1.165) is 28.2 Å². The summed E-state index contributed by atoms with van der Waals surface area (Å²) in [6.07, 6.45) is 0. The van der Waals surface area contributed by atoms with Gasteiger partial charge in [-0.2, -0.15) is 9.50 Å². The molecule has 33 heavy (non-hydrogen) atoms. The smallest absolute Gasteiger partial charge is 0.291 e. The molecule has 2 aromatic heterocycles. The number of benzene rings is 3. The summed E-state index contributed by atoms with van der Waals surface area (Å²) in [6, 6.07) is 23.0. The second kappa shape index (κ2) is 7.46. The number of hydrogen-bond donors (Lipinski definition) is 0. The fourth-order valence-corrected chi connectivity index (χ4v) is 5.03. The standard InChI is InChI=1S/C25H15FN4O2S/c26-17-12-10-16(11-13-17)22-27-25-30(28-22)24(32)21(33-25)20-18-8-4-5-9-19(18)29(23(20)31)14-15-6-2-1-3-7-15/h1-13H,14H2. The number of rotatable bonds is 3. The molecule has 0 unspecified atom stereocenters. The number of thiazole rings is 1. The first-order valence-corrected chi connectivity index (χ1v) is 11.1. The molecule has 0 fully saturated rings. The zero-order chi connectivity index (χ0) is 22.5. The monoisotopic (exact) mass is 454 g/mol. The van der Waals surface area contributed by atoms with Crippen LogP contribution in [0.2, 0.25) is 0 Å². The van der Waals surface area contributed by atoms with E-state index >= 15 is 0 Å². The van der Waals surface area contributed by atoms with Crippen LogP contribution in [-0.4, -0.2) is 20.5 Å². The van der Waals surface area contributed by atoms with Gasteiger partial charge < -0.3 is 4.90 Å². The van der Waals surface area contributed by atoms with Crippen LogP contribution in [0.3, 0.4) is 0 Å². The first-order valence-electron chi connectivity index (χ1n) is 10.2. The second-order valence-corrected chi connectivity index (χ2v) is 8.62. The Hall–Kier alpha value is -4.17. The molecule has 0 bridgehead atoms. The Morgan fingerprint density at radius 1 is 0.879 bits per heavy atom. The van der Waals surface area contributed by atoms with Crippen molar-refractivity contribution in [2.45, 2.75) is 6.54 Å². The lowest BCUT2D eigenvalue weighted by Gasteiger charge is -2.17. The molecule has 160 valence electrons. The predicted molar refractivity (Wildman–Crippen MR) is 124 cm³/mol. The molecular formula is C25H15FN4O2S. The second-order valence-electron chi connectivity index (χ2n) is 7.64. The van der Waals surface area contributed by atoms with Gasteiger partial charge in [0.05, 0.1) is 17.8 Å². The van der Waals surface area contributed by atoms with E-state index in [2.05, 4.69) is 10.1 Å². The minimum Gasteiger partial charge on any atom is -0.303 e. The van der Waals surface area contributed by atoms with E-state index in [1.54, 1.807) is 17.0 Å². The highest BCUT2D eigenvalue weighted by atomic mass is 32.1. The largest absolute Gasteiger partial charge is 0.303 e. The molecule has 6 rings (SSSR count). The molecule has 0 N–H and O–H groups in total. The molecule has 0 atom stereocenters. The van der Waals surface area contributed by atoms with Crippen molar-refractivity contribution < 1.29 is 9.18 Å². The van der Waals surface area contributed by atoms with Gasteiger partial charge in [-0.1, -0.05) is 59.9 Å². The van der Waals surface area contributed by atoms with Crippen molar-refractivity contribution in [3.63, 3.8) is 0 Å². The summed E-state index contributed by atoms with van der Waals surface area (Å²) in [5.74, 6) is -0.249. The summed E-state index contributed by atoms with van der Waals surface area (Å²) >= 11 is 1.13. The highest BCUT2D eigenvalue weighted by molar-refractivity contribution is 7.15. The number of nitrogens with zero attached hydrogens (tertiary/aromatic N) is 4. The van der Waals surface area contributed by atoms with E-state index in [1.165, 1.54) is 16.6 Å². The average Bonchev–Trinajstić information content (AvgIpc) is 3.47. The molecule has 1 aliphatic rings. The Morgan fingerprint density at radius 3 is 2.36 bits per heavy atom. The van der Waals surface area contributed by atoms with Crippen molar-refractivity contribution >= 4 is 33.5 Å². The summed E-state index contributed by atoms with van der Waals surface area (Å²) < 4.78 is 14.7. The summed E-state index contributed by atoms with van der Waals surface area (Å²) in [6.45, 7) is 0.407. The van der Waals surface area contributed by atoms with Crippen LogP contribution in [0.5, 0.6) is 0 Å². The van der Waals surface area contributed by atoms with E-state index in [0.29, 0.717) is 33.0 Å². The molecular weight excluding hydrogens is 439 g/mol. The molecule has 1 amide bonds. The van der Waals surface area contributed by atoms with Gasteiger partial charge in [0.2, 0.25) is 4.96 Å². The average molecular weight is 454 g/mol. The van der Waals surface area contributed by atoms with Crippen molar-refractivity contribution in [2.24, 2.45) is 0 Å². The van der Waals surface area contributed by atoms with Crippen LogP contribution in [0, 0.1) is 5.82 Å². The van der Waals surface area contributed by atoms with Crippen LogP contribution >= 0.6 is 11.3 Å². The molecule has 3 aromatic carbocycles.